The van der Waals surface area contributed by atoms with E-state index in [0.717, 1.165) is 12.1 Å². The number of halogens is 3. The topological polar surface area (TPSA) is 57.6 Å². The second-order valence-electron chi connectivity index (χ2n) is 5.27. The van der Waals surface area contributed by atoms with E-state index in [1.165, 1.54) is 12.1 Å². The van der Waals surface area contributed by atoms with Crippen LogP contribution < -0.4 is 4.90 Å². The molecule has 0 spiro atoms. The number of hydrogen-bond donors (Lipinski definition) is 1. The summed E-state index contributed by atoms with van der Waals surface area (Å²) in [4.78, 5) is 0.947. The average molecular weight is 325 g/mol. The standard InChI is InChI=1S/C13H18F3NO3S/c1-4-17(9-12(2,3)18)10-5-7-11(8-6-10)21(19,20)13(14,15)16/h5-8,18H,4,9H2,1-3H3. The highest BCUT2D eigenvalue weighted by Gasteiger charge is 2.46. The van der Waals surface area contributed by atoms with E-state index in [0.29, 0.717) is 12.2 Å². The first-order chi connectivity index (χ1) is 9.38. The molecule has 0 saturated heterocycles. The Morgan fingerprint density at radius 1 is 1.14 bits per heavy atom. The number of nitrogens with zero attached hydrogens (tertiary/aromatic N) is 1. The fraction of sp³-hybridized carbons (Fsp3) is 0.538. The van der Waals surface area contributed by atoms with Crippen molar-refractivity contribution in [2.75, 3.05) is 18.0 Å². The number of anilines is 1. The largest absolute Gasteiger partial charge is 0.501 e. The monoisotopic (exact) mass is 325 g/mol. The van der Waals surface area contributed by atoms with E-state index in [1.807, 2.05) is 6.92 Å². The molecule has 0 amide bonds. The van der Waals surface area contributed by atoms with Gasteiger partial charge in [0.25, 0.3) is 9.84 Å². The number of hydrogen-bond acceptors (Lipinski definition) is 4. The lowest BCUT2D eigenvalue weighted by atomic mass is 10.1. The van der Waals surface area contributed by atoms with Gasteiger partial charge in [0.2, 0.25) is 0 Å². The molecule has 0 atom stereocenters. The van der Waals surface area contributed by atoms with Crippen LogP contribution in [-0.2, 0) is 9.84 Å². The Bertz CT molecular complexity index is 574. The van der Waals surface area contributed by atoms with Crippen molar-refractivity contribution < 1.29 is 26.7 Å². The molecule has 0 aliphatic rings. The van der Waals surface area contributed by atoms with E-state index < -0.39 is 25.8 Å². The molecular formula is C13H18F3NO3S. The molecule has 0 aliphatic heterocycles. The molecular weight excluding hydrogens is 307 g/mol. The predicted octanol–water partition coefficient (Wildman–Crippen LogP) is 2.58. The van der Waals surface area contributed by atoms with Crippen molar-refractivity contribution in [3.8, 4) is 0 Å². The minimum Gasteiger partial charge on any atom is -0.389 e. The summed E-state index contributed by atoms with van der Waals surface area (Å²) in [5, 5.41) is 9.78. The normalized spacial score (nSPS) is 13.3. The molecule has 21 heavy (non-hydrogen) atoms. The molecule has 0 heterocycles. The Balaban J connectivity index is 3.08. The summed E-state index contributed by atoms with van der Waals surface area (Å²) in [7, 11) is -5.33. The molecule has 0 saturated carbocycles. The Morgan fingerprint density at radius 2 is 1.62 bits per heavy atom. The maximum Gasteiger partial charge on any atom is 0.501 e. The summed E-state index contributed by atoms with van der Waals surface area (Å²) in [6.07, 6.45) is 0. The van der Waals surface area contributed by atoms with Crippen molar-refractivity contribution >= 4 is 15.5 Å². The molecule has 120 valence electrons. The van der Waals surface area contributed by atoms with E-state index >= 15 is 0 Å². The molecule has 0 fully saturated rings. The van der Waals surface area contributed by atoms with Crippen molar-refractivity contribution in [1.82, 2.24) is 0 Å². The van der Waals surface area contributed by atoms with Gasteiger partial charge >= 0.3 is 5.51 Å². The Labute approximate surface area is 122 Å². The molecule has 0 aromatic heterocycles. The van der Waals surface area contributed by atoms with Gasteiger partial charge in [-0.2, -0.15) is 13.2 Å². The summed E-state index contributed by atoms with van der Waals surface area (Å²) in [5.74, 6) is 0. The molecule has 0 unspecified atom stereocenters. The van der Waals surface area contributed by atoms with Gasteiger partial charge in [0.05, 0.1) is 10.5 Å². The van der Waals surface area contributed by atoms with Crippen LogP contribution in [-0.4, -0.2) is 37.7 Å². The quantitative estimate of drug-likeness (QED) is 0.904. The number of sulfone groups is 1. The smallest absolute Gasteiger partial charge is 0.389 e. The third-order valence-corrected chi connectivity index (χ3v) is 4.28. The molecule has 1 aromatic rings. The van der Waals surface area contributed by atoms with Gasteiger partial charge in [0.15, 0.2) is 0 Å². The lowest BCUT2D eigenvalue weighted by Crippen LogP contribution is -2.38. The second kappa shape index (κ2) is 5.84. The van der Waals surface area contributed by atoms with E-state index in [-0.39, 0.29) is 6.54 Å². The van der Waals surface area contributed by atoms with Gasteiger partial charge in [0.1, 0.15) is 0 Å². The van der Waals surface area contributed by atoms with Crippen molar-refractivity contribution in [2.24, 2.45) is 0 Å². The lowest BCUT2D eigenvalue weighted by Gasteiger charge is -2.30. The summed E-state index contributed by atoms with van der Waals surface area (Å²) in [6.45, 7) is 5.84. The van der Waals surface area contributed by atoms with Crippen LogP contribution in [0.2, 0.25) is 0 Å². The van der Waals surface area contributed by atoms with Crippen LogP contribution >= 0.6 is 0 Å². The average Bonchev–Trinajstić information content (AvgIpc) is 2.33. The van der Waals surface area contributed by atoms with E-state index in [2.05, 4.69) is 0 Å². The molecule has 4 nitrogen and oxygen atoms in total. The zero-order valence-corrected chi connectivity index (χ0v) is 12.8. The number of benzene rings is 1. The maximum absolute atomic E-state index is 12.4. The van der Waals surface area contributed by atoms with Crippen LogP contribution in [0.1, 0.15) is 20.8 Å². The van der Waals surface area contributed by atoms with Gasteiger partial charge in [-0.3, -0.25) is 0 Å². The number of likely N-dealkylation sites (N-methyl/N-ethyl adjacent to an activating group) is 1. The SMILES string of the molecule is CCN(CC(C)(C)O)c1ccc(S(=O)(=O)C(F)(F)F)cc1. The highest BCUT2D eigenvalue weighted by Crippen LogP contribution is 2.31. The number of alkyl halides is 3. The molecule has 0 bridgehead atoms. The number of rotatable bonds is 5. The minimum absolute atomic E-state index is 0.273. The molecule has 8 heteroatoms. The van der Waals surface area contributed by atoms with Crippen molar-refractivity contribution in [1.29, 1.82) is 0 Å². The van der Waals surface area contributed by atoms with E-state index in [1.54, 1.807) is 18.7 Å². The molecule has 1 N–H and O–H groups in total. The lowest BCUT2D eigenvalue weighted by molar-refractivity contribution is -0.0436. The van der Waals surface area contributed by atoms with Crippen molar-refractivity contribution in [3.63, 3.8) is 0 Å². The fourth-order valence-corrected chi connectivity index (χ4v) is 2.58. The van der Waals surface area contributed by atoms with Gasteiger partial charge in [-0.15, -0.1) is 0 Å². The Kier molecular flexibility index (Phi) is 4.94. The van der Waals surface area contributed by atoms with Gasteiger partial charge in [-0.1, -0.05) is 0 Å². The maximum atomic E-state index is 12.4. The molecule has 1 rings (SSSR count). The first-order valence-corrected chi connectivity index (χ1v) is 7.75. The zero-order valence-electron chi connectivity index (χ0n) is 12.0. The fourth-order valence-electron chi connectivity index (χ4n) is 1.82. The van der Waals surface area contributed by atoms with Gasteiger partial charge < -0.3 is 10.0 Å². The van der Waals surface area contributed by atoms with Crippen LogP contribution in [0.3, 0.4) is 0 Å². The predicted molar refractivity (Wildman–Crippen MR) is 73.9 cm³/mol. The summed E-state index contributed by atoms with van der Waals surface area (Å²) in [5.41, 5.74) is -5.75. The van der Waals surface area contributed by atoms with Gasteiger partial charge in [0, 0.05) is 18.8 Å². The third-order valence-electron chi connectivity index (χ3n) is 2.78. The van der Waals surface area contributed by atoms with Crippen molar-refractivity contribution in [3.05, 3.63) is 24.3 Å². The van der Waals surface area contributed by atoms with Crippen LogP contribution in [0, 0.1) is 0 Å². The molecule has 1 aromatic carbocycles. The van der Waals surface area contributed by atoms with Crippen LogP contribution in [0.4, 0.5) is 18.9 Å². The number of aliphatic hydroxyl groups is 1. The second-order valence-corrected chi connectivity index (χ2v) is 7.21. The van der Waals surface area contributed by atoms with Crippen molar-refractivity contribution in [2.45, 2.75) is 36.8 Å². The highest BCUT2D eigenvalue weighted by molar-refractivity contribution is 7.92. The highest BCUT2D eigenvalue weighted by atomic mass is 32.2. The Hall–Kier alpha value is -1.28. The molecule has 0 radical (unpaired) electrons. The van der Waals surface area contributed by atoms with Crippen LogP contribution in [0.5, 0.6) is 0 Å². The zero-order chi connectivity index (χ0) is 16.5. The summed E-state index contributed by atoms with van der Waals surface area (Å²) >= 11 is 0. The van der Waals surface area contributed by atoms with E-state index in [4.69, 9.17) is 0 Å². The Morgan fingerprint density at radius 3 is 1.95 bits per heavy atom. The summed E-state index contributed by atoms with van der Waals surface area (Å²) < 4.78 is 59.8. The first kappa shape index (κ1) is 17.8. The minimum atomic E-state index is -5.33. The first-order valence-electron chi connectivity index (χ1n) is 6.27. The third kappa shape index (κ3) is 4.34. The van der Waals surface area contributed by atoms with Gasteiger partial charge in [-0.25, -0.2) is 8.42 Å². The van der Waals surface area contributed by atoms with Crippen LogP contribution in [0.15, 0.2) is 29.2 Å². The van der Waals surface area contributed by atoms with Gasteiger partial charge in [-0.05, 0) is 45.0 Å². The van der Waals surface area contributed by atoms with E-state index in [9.17, 15) is 26.7 Å². The van der Waals surface area contributed by atoms with Crippen LogP contribution in [0.25, 0.3) is 0 Å². The summed E-state index contributed by atoms with van der Waals surface area (Å²) in [6, 6.07) is 4.44. The molecule has 0 aliphatic carbocycles.